The molecule has 1 rings (SSSR count). The van der Waals surface area contributed by atoms with E-state index in [1.54, 1.807) is 6.20 Å². The van der Waals surface area contributed by atoms with Gasteiger partial charge in [0.1, 0.15) is 6.67 Å². The molecule has 0 amide bonds. The van der Waals surface area contributed by atoms with E-state index in [9.17, 15) is 4.39 Å². The Kier molecular flexibility index (Phi) is 2.57. The summed E-state index contributed by atoms with van der Waals surface area (Å²) in [6.45, 7) is 3.91. The van der Waals surface area contributed by atoms with E-state index in [1.165, 1.54) is 4.80 Å². The second-order valence-electron chi connectivity index (χ2n) is 2.71. The Hall–Kier alpha value is -0.930. The summed E-state index contributed by atoms with van der Waals surface area (Å²) in [5, 5.41) is 7.96. The fraction of sp³-hybridized carbons (Fsp3) is 0.714. The van der Waals surface area contributed by atoms with E-state index in [-0.39, 0.29) is 6.54 Å². The van der Waals surface area contributed by atoms with Crippen molar-refractivity contribution in [3.8, 4) is 0 Å². The summed E-state index contributed by atoms with van der Waals surface area (Å²) in [5.41, 5.74) is 0.915. The Morgan fingerprint density at radius 3 is 2.82 bits per heavy atom. The molecule has 0 saturated carbocycles. The van der Waals surface area contributed by atoms with Gasteiger partial charge < -0.3 is 0 Å². The molecule has 1 aromatic rings. The van der Waals surface area contributed by atoms with Crippen LogP contribution in [-0.4, -0.2) is 21.7 Å². The average molecular weight is 157 g/mol. The molecule has 0 saturated heterocycles. The Balaban J connectivity index is 2.66. The zero-order chi connectivity index (χ0) is 8.27. The fourth-order valence-electron chi connectivity index (χ4n) is 0.759. The molecular weight excluding hydrogens is 145 g/mol. The van der Waals surface area contributed by atoms with Gasteiger partial charge in [0, 0.05) is 0 Å². The minimum Gasteiger partial charge on any atom is -0.249 e. The van der Waals surface area contributed by atoms with E-state index in [4.69, 9.17) is 0 Å². The fourth-order valence-corrected chi connectivity index (χ4v) is 0.759. The van der Waals surface area contributed by atoms with Gasteiger partial charge >= 0.3 is 0 Å². The zero-order valence-electron chi connectivity index (χ0n) is 6.79. The van der Waals surface area contributed by atoms with Crippen LogP contribution in [0.1, 0.15) is 25.5 Å². The molecule has 0 aromatic carbocycles. The highest BCUT2D eigenvalue weighted by Gasteiger charge is 2.03. The molecule has 11 heavy (non-hydrogen) atoms. The van der Waals surface area contributed by atoms with Gasteiger partial charge in [-0.1, -0.05) is 13.8 Å². The number of rotatable bonds is 3. The van der Waals surface area contributed by atoms with E-state index in [1.807, 2.05) is 13.8 Å². The molecule has 0 aliphatic rings. The highest BCUT2D eigenvalue weighted by molar-refractivity contribution is 4.97. The molecular formula is C7H12FN3. The van der Waals surface area contributed by atoms with Crippen molar-refractivity contribution in [3.05, 3.63) is 11.9 Å². The predicted octanol–water partition coefficient (Wildman–Crippen LogP) is 1.37. The summed E-state index contributed by atoms with van der Waals surface area (Å²) in [7, 11) is 0. The van der Waals surface area contributed by atoms with Gasteiger partial charge in [-0.05, 0) is 5.92 Å². The number of hydrogen-bond acceptors (Lipinski definition) is 2. The van der Waals surface area contributed by atoms with Crippen molar-refractivity contribution in [2.75, 3.05) is 6.67 Å². The molecule has 0 radical (unpaired) electrons. The molecule has 0 N–H and O–H groups in total. The molecule has 4 heteroatoms. The summed E-state index contributed by atoms with van der Waals surface area (Å²) >= 11 is 0. The van der Waals surface area contributed by atoms with E-state index in [0.717, 1.165) is 5.69 Å². The molecule has 0 aliphatic heterocycles. The summed E-state index contributed by atoms with van der Waals surface area (Å²) in [4.78, 5) is 1.38. The van der Waals surface area contributed by atoms with Crippen molar-refractivity contribution in [2.45, 2.75) is 26.3 Å². The van der Waals surface area contributed by atoms with Gasteiger partial charge in [0.25, 0.3) is 0 Å². The first-order valence-corrected chi connectivity index (χ1v) is 3.70. The maximum absolute atomic E-state index is 11.8. The van der Waals surface area contributed by atoms with Crippen LogP contribution in [0.5, 0.6) is 0 Å². The molecule has 0 atom stereocenters. The van der Waals surface area contributed by atoms with E-state index < -0.39 is 6.67 Å². The van der Waals surface area contributed by atoms with Gasteiger partial charge in [0.05, 0.1) is 18.4 Å². The highest BCUT2D eigenvalue weighted by Crippen LogP contribution is 2.08. The Morgan fingerprint density at radius 1 is 1.64 bits per heavy atom. The monoisotopic (exact) mass is 157 g/mol. The van der Waals surface area contributed by atoms with Crippen LogP contribution in [0.4, 0.5) is 4.39 Å². The third kappa shape index (κ3) is 2.00. The van der Waals surface area contributed by atoms with Crippen molar-refractivity contribution in [2.24, 2.45) is 0 Å². The van der Waals surface area contributed by atoms with Crippen molar-refractivity contribution in [1.29, 1.82) is 0 Å². The van der Waals surface area contributed by atoms with Gasteiger partial charge in [-0.25, -0.2) is 4.39 Å². The first-order valence-electron chi connectivity index (χ1n) is 3.70. The zero-order valence-corrected chi connectivity index (χ0v) is 6.79. The average Bonchev–Trinajstić information content (AvgIpc) is 2.37. The van der Waals surface area contributed by atoms with Crippen LogP contribution in [0.2, 0.25) is 0 Å². The number of aryl methyl sites for hydroxylation is 1. The van der Waals surface area contributed by atoms with Crippen LogP contribution in [0.15, 0.2) is 6.20 Å². The minimum atomic E-state index is -0.411. The maximum Gasteiger partial charge on any atom is 0.111 e. The van der Waals surface area contributed by atoms with Crippen molar-refractivity contribution in [3.63, 3.8) is 0 Å². The largest absolute Gasteiger partial charge is 0.249 e. The van der Waals surface area contributed by atoms with E-state index >= 15 is 0 Å². The molecule has 1 aromatic heterocycles. The second kappa shape index (κ2) is 3.46. The number of nitrogens with zero attached hydrogens (tertiary/aromatic N) is 3. The summed E-state index contributed by atoms with van der Waals surface area (Å²) in [6, 6.07) is 0. The minimum absolute atomic E-state index is 0.257. The van der Waals surface area contributed by atoms with Crippen LogP contribution >= 0.6 is 0 Å². The SMILES string of the molecule is CC(C)c1cnn(CCF)n1. The molecule has 0 spiro atoms. The quantitative estimate of drug-likeness (QED) is 0.663. The molecule has 3 nitrogen and oxygen atoms in total. The predicted molar refractivity (Wildman–Crippen MR) is 40.1 cm³/mol. The Morgan fingerprint density at radius 2 is 2.36 bits per heavy atom. The highest BCUT2D eigenvalue weighted by atomic mass is 19.1. The van der Waals surface area contributed by atoms with Gasteiger partial charge in [0.15, 0.2) is 0 Å². The molecule has 0 fully saturated rings. The smallest absolute Gasteiger partial charge is 0.111 e. The first kappa shape index (κ1) is 8.17. The number of alkyl halides is 1. The van der Waals surface area contributed by atoms with Gasteiger partial charge in [-0.15, -0.1) is 0 Å². The van der Waals surface area contributed by atoms with Gasteiger partial charge in [-0.2, -0.15) is 15.0 Å². The van der Waals surface area contributed by atoms with Crippen molar-refractivity contribution in [1.82, 2.24) is 15.0 Å². The van der Waals surface area contributed by atoms with Crippen molar-refractivity contribution >= 4 is 0 Å². The third-order valence-corrected chi connectivity index (χ3v) is 1.43. The molecule has 0 aliphatic carbocycles. The van der Waals surface area contributed by atoms with Crippen LogP contribution in [0.25, 0.3) is 0 Å². The van der Waals surface area contributed by atoms with Crippen LogP contribution in [-0.2, 0) is 6.54 Å². The lowest BCUT2D eigenvalue weighted by Gasteiger charge is -1.96. The van der Waals surface area contributed by atoms with E-state index in [0.29, 0.717) is 5.92 Å². The standard InChI is InChI=1S/C7H12FN3/c1-6(2)7-5-9-11(10-7)4-3-8/h5-6H,3-4H2,1-2H3. The van der Waals surface area contributed by atoms with Gasteiger partial charge in [-0.3, -0.25) is 0 Å². The number of hydrogen-bond donors (Lipinski definition) is 0. The summed E-state index contributed by atoms with van der Waals surface area (Å²) in [5.74, 6) is 0.364. The van der Waals surface area contributed by atoms with Crippen LogP contribution in [0, 0.1) is 0 Å². The van der Waals surface area contributed by atoms with Crippen LogP contribution in [0.3, 0.4) is 0 Å². The van der Waals surface area contributed by atoms with E-state index in [2.05, 4.69) is 10.2 Å². The lowest BCUT2D eigenvalue weighted by molar-refractivity contribution is 0.400. The first-order chi connectivity index (χ1) is 5.24. The molecule has 0 unspecified atom stereocenters. The molecule has 0 bridgehead atoms. The lowest BCUT2D eigenvalue weighted by Crippen LogP contribution is -2.04. The second-order valence-corrected chi connectivity index (χ2v) is 2.71. The molecule has 62 valence electrons. The Bertz CT molecular complexity index is 219. The number of aromatic nitrogens is 3. The number of halogens is 1. The Labute approximate surface area is 65.2 Å². The molecule has 1 heterocycles. The maximum atomic E-state index is 11.8. The third-order valence-electron chi connectivity index (χ3n) is 1.43. The van der Waals surface area contributed by atoms with Crippen LogP contribution < -0.4 is 0 Å². The summed E-state index contributed by atoms with van der Waals surface area (Å²) < 4.78 is 11.8. The van der Waals surface area contributed by atoms with Crippen molar-refractivity contribution < 1.29 is 4.39 Å². The summed E-state index contributed by atoms with van der Waals surface area (Å²) in [6.07, 6.45) is 1.68. The topological polar surface area (TPSA) is 30.7 Å². The normalized spacial score (nSPS) is 10.9. The lowest BCUT2D eigenvalue weighted by atomic mass is 10.2. The van der Waals surface area contributed by atoms with Gasteiger partial charge in [0.2, 0.25) is 0 Å².